The SMILES string of the molecule is C[C@@]1(O)CCCC[C@H]1S. The fraction of sp³-hybridized carbons (Fsp3) is 1.00. The van der Waals surface area contributed by atoms with Crippen LogP contribution in [0.1, 0.15) is 32.6 Å². The molecule has 0 aromatic heterocycles. The molecule has 2 atom stereocenters. The Balaban J connectivity index is 2.49. The lowest BCUT2D eigenvalue weighted by atomic mass is 9.86. The van der Waals surface area contributed by atoms with Crippen molar-refractivity contribution in [2.24, 2.45) is 0 Å². The molecule has 0 heterocycles. The van der Waals surface area contributed by atoms with E-state index >= 15 is 0 Å². The van der Waals surface area contributed by atoms with Gasteiger partial charge in [0, 0.05) is 5.25 Å². The maximum Gasteiger partial charge on any atom is 0.0735 e. The largest absolute Gasteiger partial charge is 0.389 e. The normalized spacial score (nSPS) is 45.0. The molecule has 0 spiro atoms. The molecule has 0 bridgehead atoms. The molecule has 9 heavy (non-hydrogen) atoms. The average Bonchev–Trinajstić information content (AvgIpc) is 1.77. The first-order valence-electron chi connectivity index (χ1n) is 3.53. The number of rotatable bonds is 0. The Morgan fingerprint density at radius 3 is 2.56 bits per heavy atom. The second-order valence-corrected chi connectivity index (χ2v) is 3.74. The molecule has 1 fully saturated rings. The molecule has 0 amide bonds. The molecule has 2 heteroatoms. The highest BCUT2D eigenvalue weighted by Crippen LogP contribution is 2.31. The van der Waals surface area contributed by atoms with Crippen LogP contribution in [0.3, 0.4) is 0 Å². The molecule has 0 radical (unpaired) electrons. The van der Waals surface area contributed by atoms with E-state index in [0.29, 0.717) is 0 Å². The van der Waals surface area contributed by atoms with Crippen molar-refractivity contribution in [3.8, 4) is 0 Å². The first-order chi connectivity index (χ1) is 4.13. The second kappa shape index (κ2) is 2.51. The van der Waals surface area contributed by atoms with E-state index in [-0.39, 0.29) is 5.25 Å². The van der Waals surface area contributed by atoms with Crippen LogP contribution in [0.25, 0.3) is 0 Å². The molecular weight excluding hydrogens is 132 g/mol. The Bertz CT molecular complexity index is 101. The van der Waals surface area contributed by atoms with Gasteiger partial charge in [-0.1, -0.05) is 12.8 Å². The summed E-state index contributed by atoms with van der Waals surface area (Å²) in [7, 11) is 0. The van der Waals surface area contributed by atoms with Gasteiger partial charge in [-0.05, 0) is 19.8 Å². The van der Waals surface area contributed by atoms with Crippen LogP contribution >= 0.6 is 12.6 Å². The highest BCUT2D eigenvalue weighted by atomic mass is 32.1. The van der Waals surface area contributed by atoms with E-state index in [1.54, 1.807) is 0 Å². The van der Waals surface area contributed by atoms with Crippen molar-refractivity contribution in [2.75, 3.05) is 0 Å². The van der Waals surface area contributed by atoms with E-state index in [1.165, 1.54) is 6.42 Å². The van der Waals surface area contributed by atoms with Gasteiger partial charge in [0.1, 0.15) is 0 Å². The van der Waals surface area contributed by atoms with E-state index < -0.39 is 5.60 Å². The molecule has 0 aromatic carbocycles. The van der Waals surface area contributed by atoms with Crippen LogP contribution in [0.15, 0.2) is 0 Å². The van der Waals surface area contributed by atoms with Crippen LogP contribution in [-0.4, -0.2) is 16.0 Å². The summed E-state index contributed by atoms with van der Waals surface area (Å²) in [5.41, 5.74) is -0.499. The molecular formula is C7H14OS. The standard InChI is InChI=1S/C7H14OS/c1-7(8)5-3-2-4-6(7)9/h6,8-9H,2-5H2,1H3/t6-,7-/m1/s1. The average molecular weight is 146 g/mol. The van der Waals surface area contributed by atoms with Gasteiger partial charge >= 0.3 is 0 Å². The van der Waals surface area contributed by atoms with Gasteiger partial charge in [-0.3, -0.25) is 0 Å². The summed E-state index contributed by atoms with van der Waals surface area (Å²) in [6.45, 7) is 1.88. The van der Waals surface area contributed by atoms with Gasteiger partial charge in [-0.15, -0.1) is 0 Å². The van der Waals surface area contributed by atoms with Gasteiger partial charge in [0.25, 0.3) is 0 Å². The highest BCUT2D eigenvalue weighted by Gasteiger charge is 2.31. The third kappa shape index (κ3) is 1.62. The fourth-order valence-electron chi connectivity index (χ4n) is 1.30. The lowest BCUT2D eigenvalue weighted by molar-refractivity contribution is 0.0297. The van der Waals surface area contributed by atoms with Crippen LogP contribution in [0, 0.1) is 0 Å². The van der Waals surface area contributed by atoms with E-state index in [1.807, 2.05) is 6.92 Å². The van der Waals surface area contributed by atoms with Crippen molar-refractivity contribution in [2.45, 2.75) is 43.5 Å². The zero-order valence-corrected chi connectivity index (χ0v) is 6.69. The summed E-state index contributed by atoms with van der Waals surface area (Å²) in [4.78, 5) is 0. The first-order valence-corrected chi connectivity index (χ1v) is 4.05. The summed E-state index contributed by atoms with van der Waals surface area (Å²) >= 11 is 4.29. The monoisotopic (exact) mass is 146 g/mol. The Kier molecular flexibility index (Phi) is 2.07. The molecule has 1 aliphatic rings. The van der Waals surface area contributed by atoms with Crippen molar-refractivity contribution in [1.29, 1.82) is 0 Å². The Morgan fingerprint density at radius 2 is 2.22 bits per heavy atom. The van der Waals surface area contributed by atoms with Crippen LogP contribution in [0.2, 0.25) is 0 Å². The van der Waals surface area contributed by atoms with E-state index in [0.717, 1.165) is 19.3 Å². The van der Waals surface area contributed by atoms with Gasteiger partial charge in [-0.25, -0.2) is 0 Å². The fourth-order valence-corrected chi connectivity index (χ4v) is 1.61. The van der Waals surface area contributed by atoms with Crippen molar-refractivity contribution in [3.05, 3.63) is 0 Å². The third-order valence-electron chi connectivity index (χ3n) is 2.13. The van der Waals surface area contributed by atoms with E-state index in [4.69, 9.17) is 0 Å². The van der Waals surface area contributed by atoms with Crippen molar-refractivity contribution < 1.29 is 5.11 Å². The lowest BCUT2D eigenvalue weighted by Gasteiger charge is -2.33. The van der Waals surface area contributed by atoms with Crippen molar-refractivity contribution in [1.82, 2.24) is 0 Å². The number of hydrogen-bond acceptors (Lipinski definition) is 2. The first kappa shape index (κ1) is 7.42. The predicted molar refractivity (Wildman–Crippen MR) is 41.9 cm³/mol. The number of aliphatic hydroxyl groups is 1. The quantitative estimate of drug-likeness (QED) is 0.497. The van der Waals surface area contributed by atoms with Gasteiger partial charge in [0.2, 0.25) is 0 Å². The minimum Gasteiger partial charge on any atom is -0.389 e. The van der Waals surface area contributed by atoms with Crippen LogP contribution < -0.4 is 0 Å². The molecule has 0 aliphatic heterocycles. The molecule has 1 N–H and O–H groups in total. The summed E-state index contributed by atoms with van der Waals surface area (Å²) < 4.78 is 0. The van der Waals surface area contributed by atoms with E-state index in [2.05, 4.69) is 12.6 Å². The highest BCUT2D eigenvalue weighted by molar-refractivity contribution is 7.81. The molecule has 1 rings (SSSR count). The molecule has 54 valence electrons. The molecule has 0 aromatic rings. The maximum atomic E-state index is 9.57. The maximum absolute atomic E-state index is 9.57. The van der Waals surface area contributed by atoms with E-state index in [9.17, 15) is 5.11 Å². The molecule has 0 saturated heterocycles. The molecule has 1 saturated carbocycles. The topological polar surface area (TPSA) is 20.2 Å². The summed E-state index contributed by atoms with van der Waals surface area (Å²) in [6.07, 6.45) is 4.37. The smallest absolute Gasteiger partial charge is 0.0735 e. The minimum absolute atomic E-state index is 0.200. The van der Waals surface area contributed by atoms with Crippen LogP contribution in [0.4, 0.5) is 0 Å². The van der Waals surface area contributed by atoms with Crippen molar-refractivity contribution in [3.63, 3.8) is 0 Å². The van der Waals surface area contributed by atoms with Crippen LogP contribution in [0.5, 0.6) is 0 Å². The summed E-state index contributed by atoms with van der Waals surface area (Å²) in [5, 5.41) is 9.77. The second-order valence-electron chi connectivity index (χ2n) is 3.12. The number of hydrogen-bond donors (Lipinski definition) is 2. The van der Waals surface area contributed by atoms with Gasteiger partial charge < -0.3 is 5.11 Å². The van der Waals surface area contributed by atoms with Gasteiger partial charge in [0.15, 0.2) is 0 Å². The minimum atomic E-state index is -0.499. The molecule has 1 aliphatic carbocycles. The Hall–Kier alpha value is 0.310. The van der Waals surface area contributed by atoms with Gasteiger partial charge in [-0.2, -0.15) is 12.6 Å². The Morgan fingerprint density at radius 1 is 1.56 bits per heavy atom. The molecule has 0 unspecified atom stereocenters. The zero-order valence-electron chi connectivity index (χ0n) is 5.80. The predicted octanol–water partition coefficient (Wildman–Crippen LogP) is 1.61. The lowest BCUT2D eigenvalue weighted by Crippen LogP contribution is -2.38. The van der Waals surface area contributed by atoms with Crippen LogP contribution in [-0.2, 0) is 0 Å². The zero-order chi connectivity index (χ0) is 6.91. The van der Waals surface area contributed by atoms with Crippen molar-refractivity contribution >= 4 is 12.6 Å². The summed E-state index contributed by atoms with van der Waals surface area (Å²) in [5.74, 6) is 0. The summed E-state index contributed by atoms with van der Waals surface area (Å²) in [6, 6.07) is 0. The third-order valence-corrected chi connectivity index (χ3v) is 2.94. The number of thiol groups is 1. The Labute approximate surface area is 61.9 Å². The molecule has 1 nitrogen and oxygen atoms in total. The van der Waals surface area contributed by atoms with Gasteiger partial charge in [0.05, 0.1) is 5.60 Å².